The number of carboxylic acid groups (broad SMARTS) is 1. The number of esters is 1. The number of hydrogen-bond donors (Lipinski definition) is 3. The summed E-state index contributed by atoms with van der Waals surface area (Å²) < 4.78 is 31.1. The Labute approximate surface area is 338 Å². The van der Waals surface area contributed by atoms with Gasteiger partial charge in [-0.2, -0.15) is 0 Å². The minimum Gasteiger partial charge on any atom is -0.481 e. The summed E-state index contributed by atoms with van der Waals surface area (Å²) in [4.78, 5) is 27.4. The molecule has 1 heterocycles. The zero-order valence-corrected chi connectivity index (χ0v) is 37.1. The van der Waals surface area contributed by atoms with Crippen LogP contribution in [0.1, 0.15) is 146 Å². The number of ether oxygens (including phenoxy) is 1. The van der Waals surface area contributed by atoms with E-state index in [9.17, 15) is 28.2 Å². The fourth-order valence-electron chi connectivity index (χ4n) is 16.4. The molecule has 7 aliphatic carbocycles. The van der Waals surface area contributed by atoms with Crippen LogP contribution in [0.2, 0.25) is 0 Å². The maximum absolute atomic E-state index is 13.7. The Kier molecular flexibility index (Phi) is 9.92. The monoisotopic (exact) mass is 801 g/mol. The molecule has 8 rings (SSSR count). The number of rotatable bonds is 10. The van der Waals surface area contributed by atoms with E-state index in [0.717, 1.165) is 19.3 Å². The van der Waals surface area contributed by atoms with E-state index in [2.05, 4.69) is 51.8 Å². The molecule has 0 aromatic rings. The zero-order chi connectivity index (χ0) is 40.6. The van der Waals surface area contributed by atoms with E-state index in [1.165, 1.54) is 57.8 Å². The van der Waals surface area contributed by atoms with E-state index >= 15 is 0 Å². The van der Waals surface area contributed by atoms with E-state index in [1.54, 1.807) is 0 Å². The molecule has 10 heteroatoms. The number of sulfone groups is 1. The number of aliphatic hydroxyl groups excluding tert-OH is 1. The third-order valence-electron chi connectivity index (χ3n) is 20.3. The Hall–Kier alpha value is -1.23. The summed E-state index contributed by atoms with van der Waals surface area (Å²) >= 11 is 0. The number of nitrogens with zero attached hydrogens (tertiary/aromatic N) is 1. The third-order valence-corrected chi connectivity index (χ3v) is 21.9. The van der Waals surface area contributed by atoms with Gasteiger partial charge < -0.3 is 20.3 Å². The molecule has 8 fully saturated rings. The molecule has 3 N–H and O–H groups in total. The van der Waals surface area contributed by atoms with Crippen molar-refractivity contribution in [3.63, 3.8) is 0 Å². The summed E-state index contributed by atoms with van der Waals surface area (Å²) in [6.07, 6.45) is 13.7. The maximum atomic E-state index is 13.7. The highest BCUT2D eigenvalue weighted by atomic mass is 32.2. The molecule has 0 aromatic heterocycles. The average Bonchev–Trinajstić information content (AvgIpc) is 3.90. The van der Waals surface area contributed by atoms with Crippen LogP contribution >= 0.6 is 0 Å². The number of nitrogens with one attached hydrogen (secondary N) is 1. The molecular weight excluding hydrogens is 725 g/mol. The van der Waals surface area contributed by atoms with Crippen LogP contribution in [-0.4, -0.2) is 90.4 Å². The highest BCUT2D eigenvalue weighted by molar-refractivity contribution is 7.91. The minimum atomic E-state index is -2.99. The summed E-state index contributed by atoms with van der Waals surface area (Å²) in [6.45, 7) is 22.9. The number of carboxylic acids is 1. The SMILES string of the molecule is CC(O)C(CN[C@]12CC[C@@H](C3(C)CC3)[C@@H]1[C@H]1CC[C@@H]3[C@@]4(C)CC[C@H](OC(=O)[C@H]5[C@@H](CC(=O)O)C5(C)C)C(C)(C)[C@@H]4CC[C@@]3(C)[C@]1(C)CC2)N1CCS(=O)(=O)CC1. The van der Waals surface area contributed by atoms with Crippen LogP contribution in [0.5, 0.6) is 0 Å². The lowest BCUT2D eigenvalue weighted by atomic mass is 9.32. The first kappa shape index (κ1) is 41.5. The van der Waals surface area contributed by atoms with Gasteiger partial charge in [0.1, 0.15) is 6.10 Å². The van der Waals surface area contributed by atoms with Gasteiger partial charge in [-0.15, -0.1) is 0 Å². The van der Waals surface area contributed by atoms with Gasteiger partial charge in [0, 0.05) is 43.1 Å². The van der Waals surface area contributed by atoms with Crippen molar-refractivity contribution in [2.24, 2.45) is 73.9 Å². The molecule has 2 unspecified atom stereocenters. The number of fused-ring (bicyclic) bond motifs is 7. The van der Waals surface area contributed by atoms with Gasteiger partial charge >= 0.3 is 11.9 Å². The van der Waals surface area contributed by atoms with Gasteiger partial charge in [-0.1, -0.05) is 55.4 Å². The van der Waals surface area contributed by atoms with Crippen molar-refractivity contribution in [3.8, 4) is 0 Å². The van der Waals surface area contributed by atoms with Crippen molar-refractivity contribution < 1.29 is 33.0 Å². The largest absolute Gasteiger partial charge is 0.481 e. The van der Waals surface area contributed by atoms with Crippen molar-refractivity contribution >= 4 is 21.8 Å². The van der Waals surface area contributed by atoms with Gasteiger partial charge in [-0.05, 0) is 147 Å². The normalized spacial score (nSPS) is 47.9. The zero-order valence-electron chi connectivity index (χ0n) is 36.3. The van der Waals surface area contributed by atoms with Gasteiger partial charge in [-0.3, -0.25) is 14.5 Å². The fraction of sp³-hybridized carbons (Fsp3) is 0.957. The summed E-state index contributed by atoms with van der Waals surface area (Å²) in [6, 6.07) is -0.0902. The molecule has 318 valence electrons. The maximum Gasteiger partial charge on any atom is 0.310 e. The molecule has 1 aliphatic heterocycles. The molecule has 0 amide bonds. The Morgan fingerprint density at radius 2 is 1.46 bits per heavy atom. The minimum absolute atomic E-state index is 0.0226. The summed E-state index contributed by atoms with van der Waals surface area (Å²) in [5.41, 5.74) is 0.602. The van der Waals surface area contributed by atoms with Gasteiger partial charge in [0.25, 0.3) is 0 Å². The molecule has 0 aromatic carbocycles. The molecular formula is C46H76N2O7S. The molecule has 0 spiro atoms. The predicted molar refractivity (Wildman–Crippen MR) is 218 cm³/mol. The molecule has 8 aliphatic rings. The lowest BCUT2D eigenvalue weighted by Crippen LogP contribution is -2.69. The Bertz CT molecular complexity index is 1680. The van der Waals surface area contributed by atoms with Crippen LogP contribution in [0.4, 0.5) is 0 Å². The second-order valence-corrected chi connectivity index (χ2v) is 25.6. The average molecular weight is 801 g/mol. The van der Waals surface area contributed by atoms with Gasteiger partial charge in [0.2, 0.25) is 0 Å². The molecule has 0 radical (unpaired) electrons. The number of carbonyl (C=O) groups is 2. The Morgan fingerprint density at radius 3 is 2.09 bits per heavy atom. The van der Waals surface area contributed by atoms with Crippen LogP contribution < -0.4 is 5.32 Å². The van der Waals surface area contributed by atoms with E-state index in [1.807, 2.05) is 20.8 Å². The van der Waals surface area contributed by atoms with Gasteiger partial charge in [0.15, 0.2) is 9.84 Å². The van der Waals surface area contributed by atoms with E-state index in [4.69, 9.17) is 4.74 Å². The first-order chi connectivity index (χ1) is 26.0. The topological polar surface area (TPSA) is 133 Å². The van der Waals surface area contributed by atoms with Crippen LogP contribution in [0.3, 0.4) is 0 Å². The first-order valence-corrected chi connectivity index (χ1v) is 24.6. The van der Waals surface area contributed by atoms with Crippen LogP contribution in [0.15, 0.2) is 0 Å². The summed E-state index contributed by atoms with van der Waals surface area (Å²) in [5, 5.41) is 24.8. The standard InChI is InChI=1S/C46H76N2O7S/c1-28(49)32(48-22-24-56(53,54)25-23-48)27-47-46-17-12-29(42(6)18-19-42)37(46)30-10-11-34-43(7)15-14-35(55-39(52)38-31(26-36(50)51)40(38,2)3)41(4,5)33(43)13-16-45(34,9)44(30,8)20-21-46/h28-35,37-38,47,49H,10-27H2,1-9H3,(H,50,51)/t28?,29-,30-,31-,32?,33+,34-,35+,37-,38-,43+,44-,45-,46+/m1/s1. The predicted octanol–water partition coefficient (Wildman–Crippen LogP) is 7.35. The van der Waals surface area contributed by atoms with Crippen molar-refractivity contribution in [2.75, 3.05) is 31.1 Å². The third kappa shape index (κ3) is 6.22. The quantitative estimate of drug-likeness (QED) is 0.194. The highest BCUT2D eigenvalue weighted by Gasteiger charge is 2.73. The molecule has 7 saturated carbocycles. The number of carbonyl (C=O) groups excluding carboxylic acids is 1. The highest BCUT2D eigenvalue weighted by Crippen LogP contribution is 2.78. The smallest absolute Gasteiger partial charge is 0.310 e. The summed E-state index contributed by atoms with van der Waals surface area (Å²) in [7, 11) is -2.99. The van der Waals surface area contributed by atoms with Crippen molar-refractivity contribution in [2.45, 2.75) is 170 Å². The Morgan fingerprint density at radius 1 is 0.786 bits per heavy atom. The Balaban J connectivity index is 1.02. The fourth-order valence-corrected chi connectivity index (χ4v) is 17.6. The van der Waals surface area contributed by atoms with Crippen LogP contribution in [0, 0.1) is 73.9 Å². The van der Waals surface area contributed by atoms with E-state index in [0.29, 0.717) is 54.6 Å². The van der Waals surface area contributed by atoms with Gasteiger partial charge in [-0.25, -0.2) is 8.42 Å². The number of hydrogen-bond acceptors (Lipinski definition) is 8. The molecule has 14 atom stereocenters. The molecule has 1 saturated heterocycles. The van der Waals surface area contributed by atoms with Crippen molar-refractivity contribution in [1.29, 1.82) is 0 Å². The van der Waals surface area contributed by atoms with E-state index in [-0.39, 0.29) is 80.5 Å². The lowest BCUT2D eigenvalue weighted by molar-refractivity contribution is -0.248. The number of aliphatic hydroxyl groups is 1. The van der Waals surface area contributed by atoms with Gasteiger partial charge in [0.05, 0.1) is 23.5 Å². The van der Waals surface area contributed by atoms with Crippen LogP contribution in [-0.2, 0) is 24.2 Å². The van der Waals surface area contributed by atoms with Crippen LogP contribution in [0.25, 0.3) is 0 Å². The first-order valence-electron chi connectivity index (χ1n) is 22.8. The number of aliphatic carboxylic acids is 1. The van der Waals surface area contributed by atoms with E-state index < -0.39 is 21.9 Å². The van der Waals surface area contributed by atoms with Crippen molar-refractivity contribution in [3.05, 3.63) is 0 Å². The summed E-state index contributed by atoms with van der Waals surface area (Å²) in [5.74, 6) is 1.88. The molecule has 0 bridgehead atoms. The van der Waals surface area contributed by atoms with Crippen molar-refractivity contribution in [1.82, 2.24) is 10.2 Å². The molecule has 9 nitrogen and oxygen atoms in total. The second-order valence-electron chi connectivity index (χ2n) is 23.3. The second kappa shape index (κ2) is 13.4. The lowest BCUT2D eigenvalue weighted by Gasteiger charge is -2.73. The molecule has 56 heavy (non-hydrogen) atoms.